The van der Waals surface area contributed by atoms with Crippen LogP contribution in [0.1, 0.15) is 38.5 Å². The van der Waals surface area contributed by atoms with Crippen molar-refractivity contribution in [1.29, 1.82) is 4.78 Å². The fourth-order valence-electron chi connectivity index (χ4n) is 2.20. The minimum absolute atomic E-state index is 0.104. The molecule has 1 fully saturated rings. The van der Waals surface area contributed by atoms with Gasteiger partial charge in [0.25, 0.3) is 0 Å². The lowest BCUT2D eigenvalue weighted by atomic mass is 10.1. The smallest absolute Gasteiger partial charge is 0.320 e. The van der Waals surface area contributed by atoms with Crippen LogP contribution in [0.3, 0.4) is 0 Å². The summed E-state index contributed by atoms with van der Waals surface area (Å²) < 4.78 is 19.6. The molecule has 1 aliphatic carbocycles. The summed E-state index contributed by atoms with van der Waals surface area (Å²) in [6, 6.07) is -0.993. The molecular formula is C11H22N2O3S. The molecule has 1 aliphatic rings. The normalized spacial score (nSPS) is 22.2. The summed E-state index contributed by atoms with van der Waals surface area (Å²) >= 11 is 0. The van der Waals surface area contributed by atoms with E-state index in [1.54, 1.807) is 0 Å². The average Bonchev–Trinajstić information content (AvgIpc) is 2.76. The summed E-state index contributed by atoms with van der Waals surface area (Å²) in [6.07, 6.45) is 5.82. The van der Waals surface area contributed by atoms with Gasteiger partial charge in [-0.2, -0.15) is 0 Å². The number of rotatable bonds is 7. The van der Waals surface area contributed by atoms with Crippen molar-refractivity contribution < 1.29 is 14.1 Å². The minimum atomic E-state index is -2.64. The standard InChI is InChI=1S/C11H22N2O3S/c12-10(11(14)15)6-8-17(13,16)7-5-9-3-1-2-4-9/h9-10,13H,1-8,12H2,(H,14,15). The average molecular weight is 262 g/mol. The molecule has 0 amide bonds. The maximum Gasteiger partial charge on any atom is 0.320 e. The summed E-state index contributed by atoms with van der Waals surface area (Å²) in [4.78, 5) is 10.5. The maximum atomic E-state index is 11.9. The van der Waals surface area contributed by atoms with Crippen LogP contribution in [-0.4, -0.2) is 32.8 Å². The first kappa shape index (κ1) is 14.4. The lowest BCUT2D eigenvalue weighted by Crippen LogP contribution is -2.32. The molecule has 0 aliphatic heterocycles. The van der Waals surface area contributed by atoms with Crippen molar-refractivity contribution in [2.45, 2.75) is 44.6 Å². The van der Waals surface area contributed by atoms with E-state index in [2.05, 4.69) is 0 Å². The number of aliphatic carboxylic acids is 1. The second kappa shape index (κ2) is 6.35. The van der Waals surface area contributed by atoms with Gasteiger partial charge in [0.1, 0.15) is 6.04 Å². The number of nitrogens with one attached hydrogen (secondary N) is 1. The highest BCUT2D eigenvalue weighted by Gasteiger charge is 2.19. The molecule has 17 heavy (non-hydrogen) atoms. The van der Waals surface area contributed by atoms with Crippen LogP contribution in [0.4, 0.5) is 0 Å². The van der Waals surface area contributed by atoms with Gasteiger partial charge in [0.05, 0.1) is 0 Å². The lowest BCUT2D eigenvalue weighted by molar-refractivity contribution is -0.138. The van der Waals surface area contributed by atoms with Crippen molar-refractivity contribution in [3.63, 3.8) is 0 Å². The number of nitrogens with two attached hydrogens (primary N) is 1. The molecule has 0 aromatic rings. The van der Waals surface area contributed by atoms with E-state index in [1.165, 1.54) is 25.7 Å². The van der Waals surface area contributed by atoms with E-state index in [0.717, 1.165) is 6.42 Å². The van der Waals surface area contributed by atoms with E-state index in [9.17, 15) is 9.00 Å². The molecule has 5 nitrogen and oxygen atoms in total. The first-order chi connectivity index (χ1) is 7.91. The highest BCUT2D eigenvalue weighted by molar-refractivity contribution is 7.92. The first-order valence-electron chi connectivity index (χ1n) is 6.13. The Morgan fingerprint density at radius 3 is 2.53 bits per heavy atom. The number of hydrogen-bond donors (Lipinski definition) is 3. The second-order valence-corrected chi connectivity index (χ2v) is 7.33. The van der Waals surface area contributed by atoms with Crippen molar-refractivity contribution >= 4 is 15.7 Å². The molecule has 2 atom stereocenters. The van der Waals surface area contributed by atoms with Crippen LogP contribution in [0.5, 0.6) is 0 Å². The molecule has 0 aromatic carbocycles. The Hall–Kier alpha value is -0.620. The van der Waals surface area contributed by atoms with Gasteiger partial charge in [-0.05, 0) is 18.8 Å². The molecule has 4 N–H and O–H groups in total. The molecule has 1 saturated carbocycles. The van der Waals surface area contributed by atoms with Crippen LogP contribution in [-0.2, 0) is 14.5 Å². The van der Waals surface area contributed by atoms with Crippen LogP contribution in [0.2, 0.25) is 0 Å². The van der Waals surface area contributed by atoms with E-state index < -0.39 is 21.7 Å². The van der Waals surface area contributed by atoms with E-state index in [-0.39, 0.29) is 12.2 Å². The lowest BCUT2D eigenvalue weighted by Gasteiger charge is -2.12. The van der Waals surface area contributed by atoms with Gasteiger partial charge < -0.3 is 10.8 Å². The quantitative estimate of drug-likeness (QED) is 0.645. The first-order valence-corrected chi connectivity index (χ1v) is 8.03. The summed E-state index contributed by atoms with van der Waals surface area (Å²) in [5.74, 6) is 0.0299. The molecular weight excluding hydrogens is 240 g/mol. The SMILES string of the molecule is N=S(=O)(CCC1CCCC1)CCC(N)C(=O)O. The molecule has 2 unspecified atom stereocenters. The van der Waals surface area contributed by atoms with Crippen molar-refractivity contribution in [1.82, 2.24) is 0 Å². The Balaban J connectivity index is 2.27. The zero-order chi connectivity index (χ0) is 12.9. The third-order valence-corrected chi connectivity index (χ3v) is 5.20. The highest BCUT2D eigenvalue weighted by atomic mass is 32.2. The molecule has 0 aromatic heterocycles. The highest BCUT2D eigenvalue weighted by Crippen LogP contribution is 2.27. The molecule has 0 spiro atoms. The Kier molecular flexibility index (Phi) is 5.39. The van der Waals surface area contributed by atoms with Crippen LogP contribution < -0.4 is 5.73 Å². The molecule has 0 radical (unpaired) electrons. The van der Waals surface area contributed by atoms with Crippen molar-refractivity contribution in [3.8, 4) is 0 Å². The Morgan fingerprint density at radius 1 is 1.41 bits per heavy atom. The molecule has 0 bridgehead atoms. The van der Waals surface area contributed by atoms with E-state index in [4.69, 9.17) is 15.6 Å². The summed E-state index contributed by atoms with van der Waals surface area (Å²) in [5, 5.41) is 8.60. The van der Waals surface area contributed by atoms with E-state index in [0.29, 0.717) is 11.7 Å². The largest absolute Gasteiger partial charge is 0.480 e. The Morgan fingerprint density at radius 2 is 2.00 bits per heavy atom. The number of carboxylic acid groups (broad SMARTS) is 1. The minimum Gasteiger partial charge on any atom is -0.480 e. The van der Waals surface area contributed by atoms with Gasteiger partial charge >= 0.3 is 5.97 Å². The van der Waals surface area contributed by atoms with E-state index in [1.807, 2.05) is 0 Å². The van der Waals surface area contributed by atoms with Gasteiger partial charge in [0, 0.05) is 21.2 Å². The predicted molar refractivity (Wildman–Crippen MR) is 67.4 cm³/mol. The van der Waals surface area contributed by atoms with Gasteiger partial charge in [-0.1, -0.05) is 25.7 Å². The van der Waals surface area contributed by atoms with Gasteiger partial charge in [0.2, 0.25) is 0 Å². The van der Waals surface area contributed by atoms with Crippen LogP contribution >= 0.6 is 0 Å². The van der Waals surface area contributed by atoms with Gasteiger partial charge in [0.15, 0.2) is 0 Å². The summed E-state index contributed by atoms with van der Waals surface area (Å²) in [7, 11) is -2.64. The fraction of sp³-hybridized carbons (Fsp3) is 0.909. The van der Waals surface area contributed by atoms with Gasteiger partial charge in [-0.15, -0.1) is 0 Å². The molecule has 0 heterocycles. The Labute approximate surface area is 103 Å². The van der Waals surface area contributed by atoms with Gasteiger partial charge in [-0.25, -0.2) is 4.21 Å². The molecule has 1 rings (SSSR count). The molecule has 100 valence electrons. The van der Waals surface area contributed by atoms with Crippen LogP contribution in [0, 0.1) is 10.7 Å². The van der Waals surface area contributed by atoms with Crippen LogP contribution in [0.15, 0.2) is 0 Å². The van der Waals surface area contributed by atoms with Crippen molar-refractivity contribution in [2.75, 3.05) is 11.5 Å². The predicted octanol–water partition coefficient (Wildman–Crippen LogP) is 1.42. The third-order valence-electron chi connectivity index (χ3n) is 3.41. The Bertz CT molecular complexity index is 348. The number of carboxylic acids is 1. The number of hydrogen-bond acceptors (Lipinski definition) is 4. The molecule has 0 saturated heterocycles. The van der Waals surface area contributed by atoms with Crippen molar-refractivity contribution in [2.24, 2.45) is 11.7 Å². The maximum absolute atomic E-state index is 11.9. The van der Waals surface area contributed by atoms with E-state index >= 15 is 0 Å². The summed E-state index contributed by atoms with van der Waals surface area (Å²) in [5.41, 5.74) is 5.33. The van der Waals surface area contributed by atoms with Gasteiger partial charge in [-0.3, -0.25) is 9.57 Å². The van der Waals surface area contributed by atoms with Crippen LogP contribution in [0.25, 0.3) is 0 Å². The summed E-state index contributed by atoms with van der Waals surface area (Å²) in [6.45, 7) is 0. The number of carbonyl (C=O) groups is 1. The molecule has 6 heteroatoms. The topological polar surface area (TPSA) is 104 Å². The third kappa shape index (κ3) is 5.50. The zero-order valence-corrected chi connectivity index (χ0v) is 10.9. The monoisotopic (exact) mass is 262 g/mol. The zero-order valence-electron chi connectivity index (χ0n) is 10.1. The van der Waals surface area contributed by atoms with Crippen molar-refractivity contribution in [3.05, 3.63) is 0 Å². The second-order valence-electron chi connectivity index (χ2n) is 4.89. The fourth-order valence-corrected chi connectivity index (χ4v) is 3.75.